The predicted molar refractivity (Wildman–Crippen MR) is 90.7 cm³/mol. The molecule has 132 valence electrons. The van der Waals surface area contributed by atoms with Crippen molar-refractivity contribution < 1.29 is 13.6 Å². The lowest BCUT2D eigenvalue weighted by Crippen LogP contribution is -2.32. The fraction of sp³-hybridized carbons (Fsp3) is 0.389. The first-order chi connectivity index (χ1) is 12.1. The number of nitrogens with one attached hydrogen (secondary N) is 1. The summed E-state index contributed by atoms with van der Waals surface area (Å²) in [5, 5.41) is 2.72. The normalized spacial score (nSPS) is 14.6. The van der Waals surface area contributed by atoms with E-state index in [0.717, 1.165) is 25.9 Å². The molecule has 1 N–H and O–H groups in total. The lowest BCUT2D eigenvalue weighted by Gasteiger charge is -2.26. The first-order valence-electron chi connectivity index (χ1n) is 8.36. The van der Waals surface area contributed by atoms with Crippen LogP contribution in [-0.4, -0.2) is 29.0 Å². The molecule has 0 radical (unpaired) electrons. The molecule has 1 aliphatic heterocycles. The quantitative estimate of drug-likeness (QED) is 0.902. The summed E-state index contributed by atoms with van der Waals surface area (Å²) in [5.74, 6) is 0.218. The molecule has 7 heteroatoms. The maximum Gasteiger partial charge on any atom is 0.270 e. The average molecular weight is 346 g/mol. The Morgan fingerprint density at radius 3 is 2.76 bits per heavy atom. The molecule has 0 bridgehead atoms. The van der Waals surface area contributed by atoms with Gasteiger partial charge in [-0.3, -0.25) is 4.79 Å². The molecule has 0 unspecified atom stereocenters. The van der Waals surface area contributed by atoms with E-state index in [9.17, 15) is 13.6 Å². The van der Waals surface area contributed by atoms with E-state index >= 15 is 0 Å². The van der Waals surface area contributed by atoms with Crippen molar-refractivity contribution in [2.45, 2.75) is 32.2 Å². The SMILES string of the molecule is O=C(NCc1cccc(C(F)F)c1)c1ccnc(N2CCCCC2)n1. The highest BCUT2D eigenvalue weighted by molar-refractivity contribution is 5.92. The van der Waals surface area contributed by atoms with Crippen LogP contribution in [0.1, 0.15) is 47.3 Å². The number of carbonyl (C=O) groups excluding carboxylic acids is 1. The predicted octanol–water partition coefficient (Wildman–Crippen LogP) is 3.33. The summed E-state index contributed by atoms with van der Waals surface area (Å²) in [7, 11) is 0. The van der Waals surface area contributed by atoms with Gasteiger partial charge in [-0.05, 0) is 37.0 Å². The third-order valence-corrected chi connectivity index (χ3v) is 4.17. The Bertz CT molecular complexity index is 733. The Hall–Kier alpha value is -2.57. The largest absolute Gasteiger partial charge is 0.347 e. The molecule has 3 rings (SSSR count). The van der Waals surface area contributed by atoms with E-state index in [1.165, 1.54) is 18.6 Å². The molecule has 5 nitrogen and oxygen atoms in total. The monoisotopic (exact) mass is 346 g/mol. The van der Waals surface area contributed by atoms with Gasteiger partial charge in [0.1, 0.15) is 5.69 Å². The van der Waals surface area contributed by atoms with Gasteiger partial charge in [0, 0.05) is 31.4 Å². The second-order valence-corrected chi connectivity index (χ2v) is 6.02. The van der Waals surface area contributed by atoms with Gasteiger partial charge in [-0.1, -0.05) is 18.2 Å². The molecule has 2 aromatic rings. The molecule has 1 fully saturated rings. The first-order valence-corrected chi connectivity index (χ1v) is 8.36. The molecule has 25 heavy (non-hydrogen) atoms. The number of benzene rings is 1. The first kappa shape index (κ1) is 17.3. The number of rotatable bonds is 5. The molecule has 1 aromatic carbocycles. The standard InChI is InChI=1S/C18H20F2N4O/c19-16(20)14-6-4-5-13(11-14)12-22-17(25)15-7-8-21-18(23-15)24-9-2-1-3-10-24/h4-8,11,16H,1-3,9-10,12H2,(H,22,25). The van der Waals surface area contributed by atoms with E-state index in [-0.39, 0.29) is 23.7 Å². The Morgan fingerprint density at radius 2 is 2.00 bits per heavy atom. The number of aromatic nitrogens is 2. The topological polar surface area (TPSA) is 58.1 Å². The van der Waals surface area contributed by atoms with E-state index in [1.807, 2.05) is 0 Å². The number of carbonyl (C=O) groups is 1. The molecular formula is C18H20F2N4O. The van der Waals surface area contributed by atoms with Crippen molar-refractivity contribution in [2.24, 2.45) is 0 Å². The van der Waals surface area contributed by atoms with Crippen LogP contribution in [0.2, 0.25) is 0 Å². The number of hydrogen-bond donors (Lipinski definition) is 1. The van der Waals surface area contributed by atoms with E-state index < -0.39 is 6.43 Å². The van der Waals surface area contributed by atoms with Crippen molar-refractivity contribution in [3.05, 3.63) is 53.3 Å². The smallest absolute Gasteiger partial charge is 0.270 e. The maximum absolute atomic E-state index is 12.7. The fourth-order valence-corrected chi connectivity index (χ4v) is 2.83. The molecule has 2 heterocycles. The van der Waals surface area contributed by atoms with Gasteiger partial charge in [-0.15, -0.1) is 0 Å². The van der Waals surface area contributed by atoms with Crippen LogP contribution in [0.4, 0.5) is 14.7 Å². The van der Waals surface area contributed by atoms with Gasteiger partial charge in [-0.25, -0.2) is 18.7 Å². The summed E-state index contributed by atoms with van der Waals surface area (Å²) in [4.78, 5) is 23.0. The molecule has 1 aliphatic rings. The highest BCUT2D eigenvalue weighted by Crippen LogP contribution is 2.19. The number of hydrogen-bond acceptors (Lipinski definition) is 4. The van der Waals surface area contributed by atoms with Crippen LogP contribution in [0.5, 0.6) is 0 Å². The van der Waals surface area contributed by atoms with Crippen molar-refractivity contribution in [2.75, 3.05) is 18.0 Å². The summed E-state index contributed by atoms with van der Waals surface area (Å²) in [6, 6.07) is 7.57. The lowest BCUT2D eigenvalue weighted by atomic mass is 10.1. The van der Waals surface area contributed by atoms with Crippen molar-refractivity contribution in [1.82, 2.24) is 15.3 Å². The number of piperidine rings is 1. The minimum atomic E-state index is -2.52. The van der Waals surface area contributed by atoms with Gasteiger partial charge in [0.25, 0.3) is 12.3 Å². The number of halogens is 2. The second-order valence-electron chi connectivity index (χ2n) is 6.02. The number of amides is 1. The van der Waals surface area contributed by atoms with Crippen molar-refractivity contribution in [1.29, 1.82) is 0 Å². The summed E-state index contributed by atoms with van der Waals surface area (Å²) in [6.07, 6.45) is 2.45. The molecule has 0 atom stereocenters. The third kappa shape index (κ3) is 4.49. The van der Waals surface area contributed by atoms with Crippen LogP contribution in [-0.2, 0) is 6.54 Å². The zero-order chi connectivity index (χ0) is 17.6. The van der Waals surface area contributed by atoms with Gasteiger partial charge in [0.2, 0.25) is 5.95 Å². The summed E-state index contributed by atoms with van der Waals surface area (Å²) in [5.41, 5.74) is 0.846. The summed E-state index contributed by atoms with van der Waals surface area (Å²) in [6.45, 7) is 1.96. The second kappa shape index (κ2) is 8.00. The van der Waals surface area contributed by atoms with Crippen LogP contribution < -0.4 is 10.2 Å². The molecule has 0 spiro atoms. The minimum absolute atomic E-state index is 0.0545. The average Bonchev–Trinajstić information content (AvgIpc) is 2.67. The van der Waals surface area contributed by atoms with E-state index in [0.29, 0.717) is 11.5 Å². The van der Waals surface area contributed by atoms with Crippen LogP contribution >= 0.6 is 0 Å². The Morgan fingerprint density at radius 1 is 1.20 bits per heavy atom. The molecule has 1 amide bonds. The van der Waals surface area contributed by atoms with Crippen molar-refractivity contribution >= 4 is 11.9 Å². The fourth-order valence-electron chi connectivity index (χ4n) is 2.83. The molecule has 1 saturated heterocycles. The number of anilines is 1. The molecule has 0 aliphatic carbocycles. The molecule has 0 saturated carbocycles. The van der Waals surface area contributed by atoms with Gasteiger partial charge in [-0.2, -0.15) is 0 Å². The van der Waals surface area contributed by atoms with Crippen LogP contribution in [0.15, 0.2) is 36.5 Å². The van der Waals surface area contributed by atoms with Gasteiger partial charge < -0.3 is 10.2 Å². The van der Waals surface area contributed by atoms with Crippen LogP contribution in [0.3, 0.4) is 0 Å². The molecular weight excluding hydrogens is 326 g/mol. The number of nitrogens with zero attached hydrogens (tertiary/aromatic N) is 3. The third-order valence-electron chi connectivity index (χ3n) is 4.17. The summed E-state index contributed by atoms with van der Waals surface area (Å²) < 4.78 is 25.4. The van der Waals surface area contributed by atoms with E-state index in [2.05, 4.69) is 20.2 Å². The van der Waals surface area contributed by atoms with Crippen molar-refractivity contribution in [3.8, 4) is 0 Å². The Balaban J connectivity index is 1.64. The Kier molecular flexibility index (Phi) is 5.53. The summed E-state index contributed by atoms with van der Waals surface area (Å²) >= 11 is 0. The van der Waals surface area contributed by atoms with E-state index in [1.54, 1.807) is 24.4 Å². The van der Waals surface area contributed by atoms with Crippen molar-refractivity contribution in [3.63, 3.8) is 0 Å². The maximum atomic E-state index is 12.7. The zero-order valence-corrected chi connectivity index (χ0v) is 13.8. The van der Waals surface area contributed by atoms with Crippen LogP contribution in [0.25, 0.3) is 0 Å². The zero-order valence-electron chi connectivity index (χ0n) is 13.8. The lowest BCUT2D eigenvalue weighted by molar-refractivity contribution is 0.0946. The Labute approximate surface area is 145 Å². The minimum Gasteiger partial charge on any atom is -0.347 e. The van der Waals surface area contributed by atoms with E-state index in [4.69, 9.17) is 0 Å². The number of alkyl halides is 2. The van der Waals surface area contributed by atoms with Gasteiger partial charge in [0.15, 0.2) is 0 Å². The van der Waals surface area contributed by atoms with Crippen LogP contribution in [0, 0.1) is 0 Å². The highest BCUT2D eigenvalue weighted by atomic mass is 19.3. The van der Waals surface area contributed by atoms with Gasteiger partial charge >= 0.3 is 0 Å². The molecule has 1 aromatic heterocycles. The highest BCUT2D eigenvalue weighted by Gasteiger charge is 2.16. The van der Waals surface area contributed by atoms with Gasteiger partial charge in [0.05, 0.1) is 0 Å².